The zero-order valence-corrected chi connectivity index (χ0v) is 22.3. The number of hydrogen-bond donors (Lipinski definition) is 1. The van der Waals surface area contributed by atoms with Crippen LogP contribution in [0.4, 0.5) is 10.1 Å². The minimum absolute atomic E-state index is 0.0575. The van der Waals surface area contributed by atoms with Gasteiger partial charge in [-0.1, -0.05) is 41.9 Å². The fourth-order valence-corrected chi connectivity index (χ4v) is 5.17. The first-order valence-corrected chi connectivity index (χ1v) is 13.5. The molecular weight excluding hydrogens is 517 g/mol. The van der Waals surface area contributed by atoms with Crippen molar-refractivity contribution < 1.29 is 22.4 Å². The molecule has 0 spiro atoms. The van der Waals surface area contributed by atoms with Gasteiger partial charge in [-0.05, 0) is 74.9 Å². The van der Waals surface area contributed by atoms with Gasteiger partial charge in [0.15, 0.2) is 0 Å². The van der Waals surface area contributed by atoms with Gasteiger partial charge in [-0.15, -0.1) is 0 Å². The first-order valence-electron chi connectivity index (χ1n) is 11.7. The molecule has 7 nitrogen and oxygen atoms in total. The summed E-state index contributed by atoms with van der Waals surface area (Å²) in [5.74, 6) is -1.54. The Morgan fingerprint density at radius 3 is 2.08 bits per heavy atom. The second-order valence-corrected chi connectivity index (χ2v) is 11.1. The van der Waals surface area contributed by atoms with Crippen LogP contribution in [0, 0.1) is 5.82 Å². The van der Waals surface area contributed by atoms with E-state index in [9.17, 15) is 22.4 Å². The van der Waals surface area contributed by atoms with Crippen molar-refractivity contribution in [2.24, 2.45) is 0 Å². The Kier molecular flexibility index (Phi) is 9.29. The molecular formula is C27H29ClFN3O4S. The lowest BCUT2D eigenvalue weighted by Crippen LogP contribution is -2.52. The smallest absolute Gasteiger partial charge is 0.264 e. The summed E-state index contributed by atoms with van der Waals surface area (Å²) in [6.07, 6.45) is 0. The number of sulfonamides is 1. The molecule has 0 aromatic heterocycles. The number of rotatable bonds is 10. The Hall–Kier alpha value is -3.43. The van der Waals surface area contributed by atoms with Crippen molar-refractivity contribution in [1.82, 2.24) is 10.2 Å². The quantitative estimate of drug-likeness (QED) is 0.403. The second-order valence-electron chi connectivity index (χ2n) is 8.79. The van der Waals surface area contributed by atoms with Crippen molar-refractivity contribution in [2.45, 2.75) is 44.3 Å². The van der Waals surface area contributed by atoms with Crippen LogP contribution < -0.4 is 9.62 Å². The molecule has 0 saturated carbocycles. The van der Waals surface area contributed by atoms with Gasteiger partial charge in [0.05, 0.1) is 10.6 Å². The van der Waals surface area contributed by atoms with Crippen molar-refractivity contribution in [3.63, 3.8) is 0 Å². The maximum atomic E-state index is 13.7. The molecule has 0 aliphatic heterocycles. The van der Waals surface area contributed by atoms with Gasteiger partial charge >= 0.3 is 0 Å². The van der Waals surface area contributed by atoms with Crippen LogP contribution in [0.15, 0.2) is 83.8 Å². The molecule has 3 rings (SSSR count). The van der Waals surface area contributed by atoms with E-state index in [4.69, 9.17) is 11.6 Å². The van der Waals surface area contributed by atoms with Crippen LogP contribution in [-0.4, -0.2) is 43.8 Å². The van der Waals surface area contributed by atoms with Crippen LogP contribution in [0.2, 0.25) is 5.02 Å². The van der Waals surface area contributed by atoms with E-state index in [-0.39, 0.29) is 29.1 Å². The standard InChI is InChI=1S/C27H29ClFN3O4S/c1-19(2)30-27(34)20(3)31(17-21-9-11-22(28)12-10-21)26(33)18-32(24-7-5-4-6-8-24)37(35,36)25-15-13-23(29)14-16-25/h4-16,19-20H,17-18H2,1-3H3,(H,30,34)/t20-/m1/s1. The number of benzene rings is 3. The van der Waals surface area contributed by atoms with Gasteiger partial charge in [-0.25, -0.2) is 12.8 Å². The van der Waals surface area contributed by atoms with Gasteiger partial charge in [-0.3, -0.25) is 13.9 Å². The first-order chi connectivity index (χ1) is 17.5. The molecule has 3 aromatic rings. The Morgan fingerprint density at radius 2 is 1.51 bits per heavy atom. The van der Waals surface area contributed by atoms with Crippen LogP contribution in [0.1, 0.15) is 26.3 Å². The number of carbonyl (C=O) groups is 2. The summed E-state index contributed by atoms with van der Waals surface area (Å²) >= 11 is 5.99. The lowest BCUT2D eigenvalue weighted by Gasteiger charge is -2.32. The molecule has 196 valence electrons. The molecule has 2 amide bonds. The second kappa shape index (κ2) is 12.2. The minimum atomic E-state index is -4.24. The number of halogens is 2. The minimum Gasteiger partial charge on any atom is -0.352 e. The zero-order valence-electron chi connectivity index (χ0n) is 20.8. The highest BCUT2D eigenvalue weighted by Gasteiger charge is 2.32. The highest BCUT2D eigenvalue weighted by atomic mass is 35.5. The highest BCUT2D eigenvalue weighted by molar-refractivity contribution is 7.92. The molecule has 10 heteroatoms. The SMILES string of the molecule is CC(C)NC(=O)[C@@H](C)N(Cc1ccc(Cl)cc1)C(=O)CN(c1ccccc1)S(=O)(=O)c1ccc(F)cc1. The lowest BCUT2D eigenvalue weighted by molar-refractivity contribution is -0.139. The average molecular weight is 546 g/mol. The van der Waals surface area contributed by atoms with Crippen molar-refractivity contribution >= 4 is 39.1 Å². The highest BCUT2D eigenvalue weighted by Crippen LogP contribution is 2.24. The van der Waals surface area contributed by atoms with Gasteiger partial charge in [-0.2, -0.15) is 0 Å². The summed E-state index contributed by atoms with van der Waals surface area (Å²) in [5.41, 5.74) is 0.973. The van der Waals surface area contributed by atoms with Crippen molar-refractivity contribution in [3.8, 4) is 0 Å². The number of anilines is 1. The van der Waals surface area contributed by atoms with Gasteiger partial charge in [0.25, 0.3) is 10.0 Å². The molecule has 0 heterocycles. The predicted octanol–water partition coefficient (Wildman–Crippen LogP) is 4.62. The largest absolute Gasteiger partial charge is 0.352 e. The van der Waals surface area contributed by atoms with Gasteiger partial charge < -0.3 is 10.2 Å². The number of hydrogen-bond acceptors (Lipinski definition) is 4. The number of amides is 2. The van der Waals surface area contributed by atoms with E-state index >= 15 is 0 Å². The van der Waals surface area contributed by atoms with Crippen LogP contribution in [0.25, 0.3) is 0 Å². The third-order valence-corrected chi connectivity index (χ3v) is 7.63. The third kappa shape index (κ3) is 7.30. The first kappa shape index (κ1) is 28.1. The average Bonchev–Trinajstić information content (AvgIpc) is 2.86. The number of nitrogens with zero attached hydrogens (tertiary/aromatic N) is 2. The summed E-state index contributed by atoms with van der Waals surface area (Å²) in [4.78, 5) is 27.7. The number of para-hydroxylation sites is 1. The van der Waals surface area contributed by atoms with Crippen molar-refractivity contribution in [2.75, 3.05) is 10.8 Å². The molecule has 0 unspecified atom stereocenters. The van der Waals surface area contributed by atoms with E-state index in [1.165, 1.54) is 4.90 Å². The lowest BCUT2D eigenvalue weighted by atomic mass is 10.1. The monoisotopic (exact) mass is 545 g/mol. The van der Waals surface area contributed by atoms with Crippen LogP contribution in [0.3, 0.4) is 0 Å². The topological polar surface area (TPSA) is 86.8 Å². The zero-order chi connectivity index (χ0) is 27.2. The molecule has 1 atom stereocenters. The Labute approximate surface area is 221 Å². The van der Waals surface area contributed by atoms with E-state index in [1.807, 2.05) is 13.8 Å². The number of nitrogens with one attached hydrogen (secondary N) is 1. The fourth-order valence-electron chi connectivity index (χ4n) is 3.63. The maximum absolute atomic E-state index is 13.7. The Balaban J connectivity index is 1.99. The normalized spacial score (nSPS) is 12.2. The molecule has 0 saturated heterocycles. The van der Waals surface area contributed by atoms with E-state index in [0.717, 1.165) is 34.1 Å². The molecule has 0 fully saturated rings. The summed E-state index contributed by atoms with van der Waals surface area (Å²) in [7, 11) is -4.24. The predicted molar refractivity (Wildman–Crippen MR) is 142 cm³/mol. The molecule has 0 aliphatic rings. The van der Waals surface area contributed by atoms with Crippen LogP contribution >= 0.6 is 11.6 Å². The molecule has 0 aliphatic carbocycles. The van der Waals surface area contributed by atoms with Crippen LogP contribution in [-0.2, 0) is 26.2 Å². The number of carbonyl (C=O) groups excluding carboxylic acids is 2. The van der Waals surface area contributed by atoms with E-state index in [2.05, 4.69) is 5.32 Å². The van der Waals surface area contributed by atoms with E-state index < -0.39 is 34.3 Å². The van der Waals surface area contributed by atoms with Crippen LogP contribution in [0.5, 0.6) is 0 Å². The Morgan fingerprint density at radius 1 is 0.919 bits per heavy atom. The van der Waals surface area contributed by atoms with Gasteiger partial charge in [0.1, 0.15) is 18.4 Å². The fraction of sp³-hybridized carbons (Fsp3) is 0.259. The van der Waals surface area contributed by atoms with Gasteiger partial charge in [0, 0.05) is 17.6 Å². The maximum Gasteiger partial charge on any atom is 0.264 e. The molecule has 0 radical (unpaired) electrons. The molecule has 1 N–H and O–H groups in total. The molecule has 37 heavy (non-hydrogen) atoms. The summed E-state index contributed by atoms with van der Waals surface area (Å²) < 4.78 is 41.6. The Bertz CT molecular complexity index is 1320. The summed E-state index contributed by atoms with van der Waals surface area (Å²) in [6, 6.07) is 18.3. The van der Waals surface area contributed by atoms with E-state index in [1.54, 1.807) is 61.5 Å². The van der Waals surface area contributed by atoms with Crippen molar-refractivity contribution in [1.29, 1.82) is 0 Å². The summed E-state index contributed by atoms with van der Waals surface area (Å²) in [5, 5.41) is 3.32. The third-order valence-electron chi connectivity index (χ3n) is 5.59. The molecule has 0 bridgehead atoms. The van der Waals surface area contributed by atoms with Gasteiger partial charge in [0.2, 0.25) is 11.8 Å². The van der Waals surface area contributed by atoms with Crippen molar-refractivity contribution in [3.05, 3.63) is 95.3 Å². The summed E-state index contributed by atoms with van der Waals surface area (Å²) in [6.45, 7) is 4.69. The van der Waals surface area contributed by atoms with E-state index in [0.29, 0.717) is 5.02 Å². The molecule has 3 aromatic carbocycles.